The molecule has 3 aromatic rings. The summed E-state index contributed by atoms with van der Waals surface area (Å²) in [5.74, 6) is -0.653. The van der Waals surface area contributed by atoms with Crippen molar-refractivity contribution in [2.75, 3.05) is 5.32 Å². The van der Waals surface area contributed by atoms with Gasteiger partial charge < -0.3 is 15.3 Å². The summed E-state index contributed by atoms with van der Waals surface area (Å²) in [6.45, 7) is 1.16. The summed E-state index contributed by atoms with van der Waals surface area (Å²) < 4.78 is 0. The van der Waals surface area contributed by atoms with Crippen LogP contribution in [0.15, 0.2) is 72.8 Å². The quantitative estimate of drug-likeness (QED) is 0.352. The van der Waals surface area contributed by atoms with Crippen LogP contribution in [0.3, 0.4) is 0 Å². The Labute approximate surface area is 229 Å². The second kappa shape index (κ2) is 10.3. The molecule has 6 nitrogen and oxygen atoms in total. The maximum Gasteiger partial charge on any atom is 0.309 e. The minimum atomic E-state index is -0.736. The highest BCUT2D eigenvalue weighted by atomic mass is 16.4. The minimum Gasteiger partial charge on any atom is -0.481 e. The minimum absolute atomic E-state index is 0.0173. The molecule has 3 aromatic carbocycles. The van der Waals surface area contributed by atoms with E-state index < -0.39 is 11.4 Å². The number of nitrogens with zero attached hydrogens (tertiary/aromatic N) is 1. The van der Waals surface area contributed by atoms with Crippen molar-refractivity contribution in [2.24, 2.45) is 11.3 Å². The predicted octanol–water partition coefficient (Wildman–Crippen LogP) is 6.16. The fourth-order valence-electron chi connectivity index (χ4n) is 6.41. The average molecular weight is 523 g/mol. The van der Waals surface area contributed by atoms with Crippen LogP contribution in [0.25, 0.3) is 0 Å². The van der Waals surface area contributed by atoms with Crippen molar-refractivity contribution in [1.29, 1.82) is 0 Å². The van der Waals surface area contributed by atoms with Crippen LogP contribution >= 0.6 is 0 Å². The van der Waals surface area contributed by atoms with Gasteiger partial charge in [0.25, 0.3) is 5.91 Å². The summed E-state index contributed by atoms with van der Waals surface area (Å²) in [6, 6.07) is 23.6. The van der Waals surface area contributed by atoms with Crippen molar-refractivity contribution in [3.8, 4) is 0 Å². The van der Waals surface area contributed by atoms with Gasteiger partial charge in [-0.3, -0.25) is 14.4 Å². The second-order valence-electron chi connectivity index (χ2n) is 11.5. The second-order valence-corrected chi connectivity index (χ2v) is 11.5. The van der Waals surface area contributed by atoms with Crippen LogP contribution in [0.1, 0.15) is 77.1 Å². The standard InChI is InChI=1S/C33H34N2O4/c36-30(34-27-10-5-6-23(18-27)19-33(16-17-33)32(38)39)29(24-7-1-2-8-24)25-14-12-22(13-15-25)20-35-21-26-9-3-4-11-28(26)31(35)37/h3-6,9-15,18,24,29H,1-2,7-8,16-17,19-21H2,(H,34,36)(H,38,39)/t29-/m0/s1. The third-order valence-electron chi connectivity index (χ3n) is 8.81. The van der Waals surface area contributed by atoms with Crippen LogP contribution in [0.2, 0.25) is 0 Å². The number of carboxylic acids is 1. The molecule has 2 fully saturated rings. The van der Waals surface area contributed by atoms with Gasteiger partial charge >= 0.3 is 5.97 Å². The Balaban J connectivity index is 1.16. The smallest absolute Gasteiger partial charge is 0.309 e. The lowest BCUT2D eigenvalue weighted by molar-refractivity contribution is -0.143. The third kappa shape index (κ3) is 5.20. The summed E-state index contributed by atoms with van der Waals surface area (Å²) in [6.07, 6.45) is 6.23. The van der Waals surface area contributed by atoms with Gasteiger partial charge in [-0.05, 0) is 78.5 Å². The number of carboxylic acid groups (broad SMARTS) is 1. The number of fused-ring (bicyclic) bond motifs is 1. The van der Waals surface area contributed by atoms with E-state index in [9.17, 15) is 19.5 Å². The van der Waals surface area contributed by atoms with Gasteiger partial charge in [0.1, 0.15) is 0 Å². The van der Waals surface area contributed by atoms with Crippen molar-refractivity contribution >= 4 is 23.5 Å². The first-order chi connectivity index (χ1) is 18.9. The van der Waals surface area contributed by atoms with Gasteiger partial charge in [-0.25, -0.2) is 0 Å². The summed E-state index contributed by atoms with van der Waals surface area (Å²) in [5.41, 5.74) is 4.91. The highest BCUT2D eigenvalue weighted by Gasteiger charge is 2.50. The molecule has 0 radical (unpaired) electrons. The molecule has 2 saturated carbocycles. The SMILES string of the molecule is O=C(Nc1cccc(CC2(C(=O)O)CC2)c1)[C@H](c1ccc(CN2Cc3ccccc3C2=O)cc1)C1CCCC1. The first-order valence-electron chi connectivity index (χ1n) is 14.0. The van der Waals surface area contributed by atoms with Crippen molar-refractivity contribution in [1.82, 2.24) is 4.90 Å². The molecule has 1 aliphatic heterocycles. The molecule has 1 atom stereocenters. The Bertz CT molecular complexity index is 1400. The number of anilines is 1. The summed E-state index contributed by atoms with van der Waals surface area (Å²) in [4.78, 5) is 40.0. The number of carbonyl (C=O) groups is 3. The molecule has 200 valence electrons. The van der Waals surface area contributed by atoms with E-state index in [1.165, 1.54) is 0 Å². The maximum atomic E-state index is 13.7. The Morgan fingerprint density at radius 2 is 1.69 bits per heavy atom. The van der Waals surface area contributed by atoms with E-state index in [-0.39, 0.29) is 23.7 Å². The molecule has 2 amide bonds. The Morgan fingerprint density at radius 3 is 2.38 bits per heavy atom. The Hall–Kier alpha value is -3.93. The van der Waals surface area contributed by atoms with Crippen molar-refractivity contribution in [3.63, 3.8) is 0 Å². The number of amides is 2. The average Bonchev–Trinajstić information content (AvgIpc) is 3.39. The van der Waals surface area contributed by atoms with Gasteiger partial charge in [-0.2, -0.15) is 0 Å². The first kappa shape index (κ1) is 25.4. The van der Waals surface area contributed by atoms with E-state index in [0.29, 0.717) is 38.0 Å². The van der Waals surface area contributed by atoms with Gasteiger partial charge in [-0.1, -0.05) is 67.4 Å². The summed E-state index contributed by atoms with van der Waals surface area (Å²) in [5, 5.41) is 12.7. The van der Waals surface area contributed by atoms with Gasteiger partial charge in [0.05, 0.1) is 11.3 Å². The molecule has 0 spiro atoms. The summed E-state index contributed by atoms with van der Waals surface area (Å²) in [7, 11) is 0. The topological polar surface area (TPSA) is 86.7 Å². The van der Waals surface area contributed by atoms with Crippen molar-refractivity contribution < 1.29 is 19.5 Å². The van der Waals surface area contributed by atoms with Gasteiger partial charge in [0, 0.05) is 24.3 Å². The van der Waals surface area contributed by atoms with Crippen LogP contribution in [-0.2, 0) is 29.1 Å². The van der Waals surface area contributed by atoms with Gasteiger partial charge in [0.2, 0.25) is 5.91 Å². The largest absolute Gasteiger partial charge is 0.481 e. The molecule has 6 heteroatoms. The van der Waals surface area contributed by atoms with E-state index >= 15 is 0 Å². The number of rotatable bonds is 9. The third-order valence-corrected chi connectivity index (χ3v) is 8.81. The first-order valence-corrected chi connectivity index (χ1v) is 14.0. The molecule has 0 saturated heterocycles. The van der Waals surface area contributed by atoms with E-state index in [4.69, 9.17) is 0 Å². The van der Waals surface area contributed by atoms with Crippen molar-refractivity contribution in [2.45, 2.75) is 64.0 Å². The molecular weight excluding hydrogens is 488 g/mol. The van der Waals surface area contributed by atoms with E-state index in [2.05, 4.69) is 5.32 Å². The number of hydrogen-bond donors (Lipinski definition) is 2. The zero-order valence-corrected chi connectivity index (χ0v) is 22.1. The monoisotopic (exact) mass is 522 g/mol. The van der Waals surface area contributed by atoms with E-state index in [1.54, 1.807) is 0 Å². The van der Waals surface area contributed by atoms with Crippen LogP contribution in [0.4, 0.5) is 5.69 Å². The lowest BCUT2D eigenvalue weighted by Gasteiger charge is -2.24. The molecular formula is C33H34N2O4. The zero-order chi connectivity index (χ0) is 27.0. The number of aliphatic carboxylic acids is 1. The molecule has 2 aliphatic carbocycles. The predicted molar refractivity (Wildman–Crippen MR) is 149 cm³/mol. The molecule has 6 rings (SSSR count). The van der Waals surface area contributed by atoms with Crippen LogP contribution in [0.5, 0.6) is 0 Å². The molecule has 1 heterocycles. The Morgan fingerprint density at radius 1 is 0.949 bits per heavy atom. The Kier molecular flexibility index (Phi) is 6.71. The molecule has 0 aromatic heterocycles. The fraction of sp³-hybridized carbons (Fsp3) is 0.364. The number of benzene rings is 3. The molecule has 2 N–H and O–H groups in total. The fourth-order valence-corrected chi connectivity index (χ4v) is 6.41. The zero-order valence-electron chi connectivity index (χ0n) is 22.1. The molecule has 0 bridgehead atoms. The van der Waals surface area contributed by atoms with Crippen LogP contribution in [0, 0.1) is 11.3 Å². The van der Waals surface area contributed by atoms with Crippen LogP contribution < -0.4 is 5.32 Å². The molecule has 39 heavy (non-hydrogen) atoms. The van der Waals surface area contributed by atoms with E-state index in [1.807, 2.05) is 77.7 Å². The number of carbonyl (C=O) groups excluding carboxylic acids is 2. The molecule has 3 aliphatic rings. The normalized spacial score (nSPS) is 18.6. The highest BCUT2D eigenvalue weighted by molar-refractivity contribution is 5.98. The lowest BCUT2D eigenvalue weighted by Crippen LogP contribution is -2.27. The van der Waals surface area contributed by atoms with Crippen LogP contribution in [-0.4, -0.2) is 27.8 Å². The van der Waals surface area contributed by atoms with Crippen molar-refractivity contribution in [3.05, 3.63) is 101 Å². The van der Waals surface area contributed by atoms with Gasteiger partial charge in [-0.15, -0.1) is 0 Å². The summed E-state index contributed by atoms with van der Waals surface area (Å²) >= 11 is 0. The number of hydrogen-bond acceptors (Lipinski definition) is 3. The highest BCUT2D eigenvalue weighted by Crippen LogP contribution is 2.48. The van der Waals surface area contributed by atoms with E-state index in [0.717, 1.165) is 53.5 Å². The number of nitrogens with one attached hydrogen (secondary N) is 1. The van der Waals surface area contributed by atoms with Gasteiger partial charge in [0.15, 0.2) is 0 Å². The maximum absolute atomic E-state index is 13.7. The lowest BCUT2D eigenvalue weighted by atomic mass is 9.83. The molecule has 0 unspecified atom stereocenters.